The van der Waals surface area contributed by atoms with E-state index < -0.39 is 0 Å². The van der Waals surface area contributed by atoms with E-state index in [0.29, 0.717) is 0 Å². The molecule has 0 radical (unpaired) electrons. The predicted octanol–water partition coefficient (Wildman–Crippen LogP) is 1.66. The molecule has 5 nitrogen and oxygen atoms in total. The summed E-state index contributed by atoms with van der Waals surface area (Å²) in [7, 11) is 1.71. The van der Waals surface area contributed by atoms with Crippen molar-refractivity contribution < 1.29 is 14.2 Å². The molecule has 0 saturated carbocycles. The quantitative estimate of drug-likeness (QED) is 0.896. The fourth-order valence-electron chi connectivity index (χ4n) is 3.05. The van der Waals surface area contributed by atoms with Crippen LogP contribution in [0.2, 0.25) is 0 Å². The molecule has 0 amide bonds. The van der Waals surface area contributed by atoms with Crippen LogP contribution in [0, 0.1) is 0 Å². The standard InChI is InChI=1S/C17H26N2O3/c1-20-16-4-2-3-14(13-19-9-7-18-8-10-19)17(16)22-15-5-11-21-12-6-15/h2-4,15,18H,5-13H2,1H3. The van der Waals surface area contributed by atoms with Crippen LogP contribution in [0.4, 0.5) is 0 Å². The van der Waals surface area contributed by atoms with Crippen molar-refractivity contribution in [2.24, 2.45) is 0 Å². The highest BCUT2D eigenvalue weighted by atomic mass is 16.5. The highest BCUT2D eigenvalue weighted by Crippen LogP contribution is 2.34. The topological polar surface area (TPSA) is 43.0 Å². The lowest BCUT2D eigenvalue weighted by molar-refractivity contribution is 0.0238. The number of benzene rings is 1. The molecule has 3 rings (SSSR count). The van der Waals surface area contributed by atoms with Crippen molar-refractivity contribution in [2.45, 2.75) is 25.5 Å². The van der Waals surface area contributed by atoms with E-state index in [1.165, 1.54) is 5.56 Å². The van der Waals surface area contributed by atoms with E-state index in [9.17, 15) is 0 Å². The van der Waals surface area contributed by atoms with E-state index in [2.05, 4.69) is 16.3 Å². The summed E-state index contributed by atoms with van der Waals surface area (Å²) in [6, 6.07) is 6.18. The number of hydrogen-bond donors (Lipinski definition) is 1. The van der Waals surface area contributed by atoms with Gasteiger partial charge < -0.3 is 19.5 Å². The monoisotopic (exact) mass is 306 g/mol. The van der Waals surface area contributed by atoms with E-state index >= 15 is 0 Å². The number of para-hydroxylation sites is 1. The second-order valence-corrected chi connectivity index (χ2v) is 5.90. The first-order valence-electron chi connectivity index (χ1n) is 8.20. The maximum atomic E-state index is 6.30. The van der Waals surface area contributed by atoms with E-state index in [-0.39, 0.29) is 6.10 Å². The second kappa shape index (κ2) is 7.81. The van der Waals surface area contributed by atoms with E-state index in [1.54, 1.807) is 7.11 Å². The van der Waals surface area contributed by atoms with Gasteiger partial charge in [0.15, 0.2) is 11.5 Å². The average molecular weight is 306 g/mol. The molecule has 2 fully saturated rings. The predicted molar refractivity (Wildman–Crippen MR) is 85.6 cm³/mol. The zero-order valence-electron chi connectivity index (χ0n) is 13.3. The lowest BCUT2D eigenvalue weighted by Crippen LogP contribution is -2.43. The number of nitrogens with one attached hydrogen (secondary N) is 1. The molecule has 0 atom stereocenters. The van der Waals surface area contributed by atoms with Crippen molar-refractivity contribution in [3.05, 3.63) is 23.8 Å². The minimum atomic E-state index is 0.229. The van der Waals surface area contributed by atoms with Crippen LogP contribution in [-0.4, -0.2) is 57.5 Å². The number of hydrogen-bond acceptors (Lipinski definition) is 5. The maximum Gasteiger partial charge on any atom is 0.166 e. The molecule has 2 aliphatic heterocycles. The molecule has 5 heteroatoms. The van der Waals surface area contributed by atoms with Crippen LogP contribution < -0.4 is 14.8 Å². The molecule has 0 aliphatic carbocycles. The third-order valence-electron chi connectivity index (χ3n) is 4.34. The Balaban J connectivity index is 1.75. The smallest absolute Gasteiger partial charge is 0.166 e. The van der Waals surface area contributed by atoms with Crippen LogP contribution in [-0.2, 0) is 11.3 Å². The molecule has 1 N–H and O–H groups in total. The molecule has 0 spiro atoms. The van der Waals surface area contributed by atoms with Gasteiger partial charge in [0.2, 0.25) is 0 Å². The molecule has 0 aromatic heterocycles. The second-order valence-electron chi connectivity index (χ2n) is 5.90. The van der Waals surface area contributed by atoms with E-state index in [4.69, 9.17) is 14.2 Å². The third-order valence-corrected chi connectivity index (χ3v) is 4.34. The number of nitrogens with zero attached hydrogens (tertiary/aromatic N) is 1. The van der Waals surface area contributed by atoms with Gasteiger partial charge in [-0.3, -0.25) is 4.90 Å². The van der Waals surface area contributed by atoms with Crippen molar-refractivity contribution in [1.82, 2.24) is 10.2 Å². The van der Waals surface area contributed by atoms with Crippen LogP contribution in [0.25, 0.3) is 0 Å². The first kappa shape index (κ1) is 15.6. The molecule has 0 unspecified atom stereocenters. The van der Waals surface area contributed by atoms with Gasteiger partial charge in [-0.25, -0.2) is 0 Å². The van der Waals surface area contributed by atoms with Crippen molar-refractivity contribution in [1.29, 1.82) is 0 Å². The third kappa shape index (κ3) is 3.91. The Kier molecular flexibility index (Phi) is 5.53. The Morgan fingerprint density at radius 2 is 2.00 bits per heavy atom. The summed E-state index contributed by atoms with van der Waals surface area (Å²) in [6.07, 6.45) is 2.13. The van der Waals surface area contributed by atoms with Gasteiger partial charge in [0.25, 0.3) is 0 Å². The van der Waals surface area contributed by atoms with Gasteiger partial charge in [0.05, 0.1) is 20.3 Å². The summed E-state index contributed by atoms with van der Waals surface area (Å²) in [5.74, 6) is 1.74. The van der Waals surface area contributed by atoms with Crippen LogP contribution in [0.5, 0.6) is 11.5 Å². The SMILES string of the molecule is COc1cccc(CN2CCNCC2)c1OC1CCOCC1. The van der Waals surface area contributed by atoms with Gasteiger partial charge >= 0.3 is 0 Å². The molecule has 122 valence electrons. The summed E-state index contributed by atoms with van der Waals surface area (Å²) in [5.41, 5.74) is 1.22. The fraction of sp³-hybridized carbons (Fsp3) is 0.647. The molecule has 1 aromatic rings. The molecule has 22 heavy (non-hydrogen) atoms. The molecule has 2 heterocycles. The average Bonchev–Trinajstić information content (AvgIpc) is 2.58. The van der Waals surface area contributed by atoms with Gasteiger partial charge in [-0.1, -0.05) is 12.1 Å². The van der Waals surface area contributed by atoms with Crippen LogP contribution >= 0.6 is 0 Å². The van der Waals surface area contributed by atoms with Crippen molar-refractivity contribution >= 4 is 0 Å². The normalized spacial score (nSPS) is 20.8. The first-order valence-corrected chi connectivity index (χ1v) is 8.20. The van der Waals surface area contributed by atoms with Crippen molar-refractivity contribution in [2.75, 3.05) is 46.5 Å². The van der Waals surface area contributed by atoms with Gasteiger partial charge in [0.1, 0.15) is 6.10 Å². The zero-order valence-corrected chi connectivity index (χ0v) is 13.3. The fourth-order valence-corrected chi connectivity index (χ4v) is 3.05. The summed E-state index contributed by atoms with van der Waals surface area (Å²) in [4.78, 5) is 2.46. The van der Waals surface area contributed by atoms with Gasteiger partial charge in [-0.15, -0.1) is 0 Å². The number of methoxy groups -OCH3 is 1. The van der Waals surface area contributed by atoms with Gasteiger partial charge in [-0.2, -0.15) is 0 Å². The Morgan fingerprint density at radius 3 is 2.73 bits per heavy atom. The highest BCUT2D eigenvalue weighted by molar-refractivity contribution is 5.46. The number of rotatable bonds is 5. The van der Waals surface area contributed by atoms with Crippen LogP contribution in [0.3, 0.4) is 0 Å². The van der Waals surface area contributed by atoms with Crippen molar-refractivity contribution in [3.63, 3.8) is 0 Å². The minimum absolute atomic E-state index is 0.229. The lowest BCUT2D eigenvalue weighted by Gasteiger charge is -2.29. The minimum Gasteiger partial charge on any atom is -0.493 e. The molecular formula is C17H26N2O3. The highest BCUT2D eigenvalue weighted by Gasteiger charge is 2.21. The molecule has 1 aromatic carbocycles. The number of piperazine rings is 1. The Hall–Kier alpha value is -1.30. The van der Waals surface area contributed by atoms with Gasteiger partial charge in [0, 0.05) is 51.1 Å². The zero-order chi connectivity index (χ0) is 15.2. The van der Waals surface area contributed by atoms with Gasteiger partial charge in [-0.05, 0) is 6.07 Å². The summed E-state index contributed by atoms with van der Waals surface area (Å²) < 4.78 is 17.3. The largest absolute Gasteiger partial charge is 0.493 e. The number of ether oxygens (including phenoxy) is 3. The van der Waals surface area contributed by atoms with E-state index in [1.807, 2.05) is 12.1 Å². The van der Waals surface area contributed by atoms with Crippen LogP contribution in [0.15, 0.2) is 18.2 Å². The summed E-state index contributed by atoms with van der Waals surface area (Å²) >= 11 is 0. The Morgan fingerprint density at radius 1 is 1.23 bits per heavy atom. The lowest BCUT2D eigenvalue weighted by atomic mass is 10.1. The maximum absolute atomic E-state index is 6.30. The molecular weight excluding hydrogens is 280 g/mol. The van der Waals surface area contributed by atoms with E-state index in [0.717, 1.165) is 70.3 Å². The summed E-state index contributed by atoms with van der Waals surface area (Å²) in [6.45, 7) is 6.75. The summed E-state index contributed by atoms with van der Waals surface area (Å²) in [5, 5.41) is 3.39. The Bertz CT molecular complexity index is 469. The first-order chi connectivity index (χ1) is 10.9. The van der Waals surface area contributed by atoms with Crippen LogP contribution in [0.1, 0.15) is 18.4 Å². The molecule has 0 bridgehead atoms. The molecule has 2 saturated heterocycles. The Labute approximate surface area is 132 Å². The molecule has 2 aliphatic rings. The van der Waals surface area contributed by atoms with Crippen molar-refractivity contribution in [3.8, 4) is 11.5 Å².